The summed E-state index contributed by atoms with van der Waals surface area (Å²) in [5.74, 6) is -1.59. The number of fused-ring (bicyclic) bond motifs is 1. The Morgan fingerprint density at radius 3 is 2.41 bits per heavy atom. The van der Waals surface area contributed by atoms with E-state index in [4.69, 9.17) is 11.6 Å². The Bertz CT molecular complexity index is 1250. The van der Waals surface area contributed by atoms with Crippen molar-refractivity contribution in [1.29, 1.82) is 0 Å². The van der Waals surface area contributed by atoms with E-state index in [1.54, 1.807) is 17.7 Å². The van der Waals surface area contributed by atoms with Crippen LogP contribution in [0.15, 0.2) is 72.8 Å². The molecule has 4 rings (SSSR count). The van der Waals surface area contributed by atoms with E-state index in [1.165, 1.54) is 18.2 Å². The largest absolute Gasteiger partial charge is 0.478 e. The first kappa shape index (κ1) is 18.8. The van der Waals surface area contributed by atoms with Crippen LogP contribution in [0, 0.1) is 0 Å². The number of aromatic nitrogens is 1. The van der Waals surface area contributed by atoms with E-state index in [2.05, 4.69) is 5.32 Å². The molecule has 5 nitrogen and oxygen atoms in total. The van der Waals surface area contributed by atoms with Gasteiger partial charge < -0.3 is 15.0 Å². The fourth-order valence-electron chi connectivity index (χ4n) is 3.38. The van der Waals surface area contributed by atoms with E-state index in [-0.39, 0.29) is 16.3 Å². The van der Waals surface area contributed by atoms with Gasteiger partial charge in [0, 0.05) is 18.0 Å². The fraction of sp³-hybridized carbons (Fsp3) is 0.0435. The van der Waals surface area contributed by atoms with Gasteiger partial charge in [-0.1, -0.05) is 54.1 Å². The van der Waals surface area contributed by atoms with E-state index < -0.39 is 11.9 Å². The second-order valence-corrected chi connectivity index (χ2v) is 7.06. The number of aromatic carboxylic acids is 1. The summed E-state index contributed by atoms with van der Waals surface area (Å²) in [7, 11) is 1.80. The molecule has 2 N–H and O–H groups in total. The predicted molar refractivity (Wildman–Crippen MR) is 115 cm³/mol. The third kappa shape index (κ3) is 3.48. The monoisotopic (exact) mass is 404 g/mol. The molecule has 1 heterocycles. The molecular weight excluding hydrogens is 388 g/mol. The molecule has 29 heavy (non-hydrogen) atoms. The summed E-state index contributed by atoms with van der Waals surface area (Å²) in [5.41, 5.74) is 3.47. The topological polar surface area (TPSA) is 71.3 Å². The summed E-state index contributed by atoms with van der Waals surface area (Å²) < 4.78 is 1.77. The summed E-state index contributed by atoms with van der Waals surface area (Å²) in [6.45, 7) is 0. The molecule has 0 atom stereocenters. The molecular formula is C23H17ClN2O3. The average molecular weight is 405 g/mol. The maximum atomic E-state index is 12.9. The quantitative estimate of drug-likeness (QED) is 0.475. The zero-order valence-electron chi connectivity index (χ0n) is 15.5. The van der Waals surface area contributed by atoms with Crippen molar-refractivity contribution in [2.75, 3.05) is 5.32 Å². The molecule has 0 saturated heterocycles. The second-order valence-electron chi connectivity index (χ2n) is 6.65. The van der Waals surface area contributed by atoms with Gasteiger partial charge in [0.1, 0.15) is 5.69 Å². The number of hydrogen-bond donors (Lipinski definition) is 2. The molecule has 0 aliphatic rings. The molecule has 4 aromatic rings. The zero-order valence-corrected chi connectivity index (χ0v) is 16.3. The minimum Gasteiger partial charge on any atom is -0.478 e. The van der Waals surface area contributed by atoms with Crippen molar-refractivity contribution < 1.29 is 14.7 Å². The number of carboxylic acids is 1. The van der Waals surface area contributed by atoms with Crippen molar-refractivity contribution in [2.45, 2.75) is 0 Å². The summed E-state index contributed by atoms with van der Waals surface area (Å²) in [6.07, 6.45) is 0. The van der Waals surface area contributed by atoms with E-state index >= 15 is 0 Å². The number of benzene rings is 3. The smallest absolute Gasteiger partial charge is 0.337 e. The highest BCUT2D eigenvalue weighted by atomic mass is 35.5. The Balaban J connectivity index is 1.72. The van der Waals surface area contributed by atoms with Crippen molar-refractivity contribution in [3.63, 3.8) is 0 Å². The number of halogens is 1. The van der Waals surface area contributed by atoms with Crippen LogP contribution in [0.4, 0.5) is 5.69 Å². The molecule has 0 aliphatic heterocycles. The highest BCUT2D eigenvalue weighted by Gasteiger charge is 2.19. The molecule has 1 amide bonds. The predicted octanol–water partition coefficient (Wildman–Crippen LogP) is 5.45. The number of amides is 1. The molecule has 0 aliphatic carbocycles. The summed E-state index contributed by atoms with van der Waals surface area (Å²) >= 11 is 6.13. The molecule has 6 heteroatoms. The first-order chi connectivity index (χ1) is 14.0. The number of carbonyl (C=O) groups is 2. The van der Waals surface area contributed by atoms with E-state index in [0.29, 0.717) is 5.69 Å². The number of para-hydroxylation sites is 1. The number of aryl methyl sites for hydroxylation is 1. The summed E-state index contributed by atoms with van der Waals surface area (Å²) in [4.78, 5) is 24.4. The van der Waals surface area contributed by atoms with Gasteiger partial charge in [-0.2, -0.15) is 0 Å². The number of rotatable bonds is 4. The van der Waals surface area contributed by atoms with Gasteiger partial charge in [-0.3, -0.25) is 4.79 Å². The number of nitrogens with zero attached hydrogens (tertiary/aromatic N) is 1. The SMILES string of the molecule is Cn1c(C(=O)Nc2c(Cl)cccc2C(=O)O)cc2cc(-c3ccccc3)ccc21. The van der Waals surface area contributed by atoms with Crippen LogP contribution < -0.4 is 5.32 Å². The van der Waals surface area contributed by atoms with Gasteiger partial charge >= 0.3 is 5.97 Å². The fourth-order valence-corrected chi connectivity index (χ4v) is 3.61. The average Bonchev–Trinajstić information content (AvgIpc) is 3.06. The lowest BCUT2D eigenvalue weighted by Crippen LogP contribution is -2.18. The van der Waals surface area contributed by atoms with Gasteiger partial charge in [-0.25, -0.2) is 4.79 Å². The first-order valence-corrected chi connectivity index (χ1v) is 9.31. The van der Waals surface area contributed by atoms with E-state index in [1.807, 2.05) is 48.5 Å². The van der Waals surface area contributed by atoms with Crippen molar-refractivity contribution in [3.05, 3.63) is 89.1 Å². The highest BCUT2D eigenvalue weighted by Crippen LogP contribution is 2.29. The lowest BCUT2D eigenvalue weighted by Gasteiger charge is -2.11. The third-order valence-corrected chi connectivity index (χ3v) is 5.18. The van der Waals surface area contributed by atoms with Crippen LogP contribution in [-0.4, -0.2) is 21.6 Å². The number of hydrogen-bond acceptors (Lipinski definition) is 2. The Morgan fingerprint density at radius 1 is 0.931 bits per heavy atom. The summed E-state index contributed by atoms with van der Waals surface area (Å²) in [5, 5.41) is 13.1. The molecule has 0 saturated carbocycles. The normalized spacial score (nSPS) is 10.8. The molecule has 0 fully saturated rings. The van der Waals surface area contributed by atoms with Crippen LogP contribution in [0.1, 0.15) is 20.8 Å². The molecule has 0 unspecified atom stereocenters. The van der Waals surface area contributed by atoms with Crippen LogP contribution in [0.5, 0.6) is 0 Å². The molecule has 0 radical (unpaired) electrons. The minimum atomic E-state index is -1.16. The first-order valence-electron chi connectivity index (χ1n) is 8.94. The van der Waals surface area contributed by atoms with Crippen LogP contribution in [0.25, 0.3) is 22.0 Å². The Hall–Kier alpha value is -3.57. The number of nitrogens with one attached hydrogen (secondary N) is 1. The van der Waals surface area contributed by atoms with Crippen molar-refractivity contribution in [3.8, 4) is 11.1 Å². The Kier molecular flexibility index (Phi) is 4.82. The standard InChI is InChI=1S/C23H17ClN2O3/c1-26-19-11-10-15(14-6-3-2-4-7-14)12-16(19)13-20(26)22(27)25-21-17(23(28)29)8-5-9-18(21)24/h2-13H,1H3,(H,25,27)(H,28,29). The lowest BCUT2D eigenvalue weighted by molar-refractivity contribution is 0.0698. The Labute approximate surface area is 172 Å². The number of carboxylic acid groups (broad SMARTS) is 1. The van der Waals surface area contributed by atoms with Crippen molar-refractivity contribution in [2.24, 2.45) is 7.05 Å². The molecule has 0 spiro atoms. The molecule has 144 valence electrons. The van der Waals surface area contributed by atoms with Crippen molar-refractivity contribution in [1.82, 2.24) is 4.57 Å². The van der Waals surface area contributed by atoms with Gasteiger partial charge in [0.05, 0.1) is 16.3 Å². The highest BCUT2D eigenvalue weighted by molar-refractivity contribution is 6.35. The minimum absolute atomic E-state index is 0.0593. The van der Waals surface area contributed by atoms with Gasteiger partial charge in [0.15, 0.2) is 0 Å². The zero-order chi connectivity index (χ0) is 20.5. The van der Waals surface area contributed by atoms with Gasteiger partial charge in [0.25, 0.3) is 5.91 Å². The van der Waals surface area contributed by atoms with Crippen LogP contribution in [0.3, 0.4) is 0 Å². The second kappa shape index (κ2) is 7.45. The summed E-state index contributed by atoms with van der Waals surface area (Å²) in [6, 6.07) is 22.2. The number of anilines is 1. The van der Waals surface area contributed by atoms with Crippen molar-refractivity contribution >= 4 is 40.1 Å². The lowest BCUT2D eigenvalue weighted by atomic mass is 10.0. The van der Waals surface area contributed by atoms with Gasteiger partial charge in [-0.15, -0.1) is 0 Å². The molecule has 3 aromatic carbocycles. The van der Waals surface area contributed by atoms with Gasteiger partial charge in [-0.05, 0) is 41.5 Å². The molecule has 0 bridgehead atoms. The van der Waals surface area contributed by atoms with Gasteiger partial charge in [0.2, 0.25) is 0 Å². The van der Waals surface area contributed by atoms with Crippen LogP contribution in [0.2, 0.25) is 5.02 Å². The third-order valence-electron chi connectivity index (χ3n) is 4.86. The van der Waals surface area contributed by atoms with E-state index in [9.17, 15) is 14.7 Å². The Morgan fingerprint density at radius 2 is 1.69 bits per heavy atom. The maximum Gasteiger partial charge on any atom is 0.337 e. The molecule has 1 aromatic heterocycles. The number of carbonyl (C=O) groups excluding carboxylic acids is 1. The maximum absolute atomic E-state index is 12.9. The van der Waals surface area contributed by atoms with Crippen LogP contribution in [-0.2, 0) is 7.05 Å². The van der Waals surface area contributed by atoms with Crippen LogP contribution >= 0.6 is 11.6 Å². The van der Waals surface area contributed by atoms with E-state index in [0.717, 1.165) is 22.0 Å².